The van der Waals surface area contributed by atoms with Gasteiger partial charge in [-0.15, -0.1) is 5.10 Å². The fraction of sp³-hybridized carbons (Fsp3) is 0.385. The van der Waals surface area contributed by atoms with Crippen molar-refractivity contribution in [2.45, 2.75) is 6.67 Å². The molecule has 0 N–H and O–H groups in total. The van der Waals surface area contributed by atoms with Crippen molar-refractivity contribution in [2.24, 2.45) is 0 Å². The Bertz CT molecular complexity index is 736. The predicted octanol–water partition coefficient (Wildman–Crippen LogP) is 2.07. The van der Waals surface area contributed by atoms with E-state index in [0.717, 1.165) is 13.1 Å². The highest BCUT2D eigenvalue weighted by molar-refractivity contribution is 7.71. The maximum absolute atomic E-state index is 10.8. The van der Waals surface area contributed by atoms with E-state index in [0.29, 0.717) is 25.4 Å². The Labute approximate surface area is 131 Å². The van der Waals surface area contributed by atoms with Crippen LogP contribution in [0.3, 0.4) is 0 Å². The Morgan fingerprint density at radius 3 is 2.86 bits per heavy atom. The number of nitrogens with zero attached hydrogens (tertiary/aromatic N) is 4. The van der Waals surface area contributed by atoms with E-state index in [1.54, 1.807) is 16.8 Å². The molecule has 1 saturated heterocycles. The third-order valence-corrected chi connectivity index (χ3v) is 3.64. The number of nitro groups is 1. The van der Waals surface area contributed by atoms with E-state index in [1.807, 2.05) is 0 Å². The highest BCUT2D eigenvalue weighted by Gasteiger charge is 2.15. The second-order valence-corrected chi connectivity index (χ2v) is 5.20. The molecular formula is C13H14N4O4S. The SMILES string of the molecule is O=[N+]([O-])c1cccc(-c2nn(CN3CCOCC3)c(=S)o2)c1. The van der Waals surface area contributed by atoms with Gasteiger partial charge in [0.1, 0.15) is 0 Å². The molecule has 0 amide bonds. The van der Waals surface area contributed by atoms with E-state index in [9.17, 15) is 10.1 Å². The molecule has 0 unspecified atom stereocenters. The van der Waals surface area contributed by atoms with Gasteiger partial charge >= 0.3 is 0 Å². The smallest absolute Gasteiger partial charge is 0.288 e. The van der Waals surface area contributed by atoms with Crippen molar-refractivity contribution in [1.82, 2.24) is 14.7 Å². The van der Waals surface area contributed by atoms with Gasteiger partial charge in [-0.05, 0) is 18.3 Å². The number of hydrogen-bond donors (Lipinski definition) is 0. The molecule has 2 aromatic rings. The molecule has 1 aliphatic rings. The number of ether oxygens (including phenoxy) is 1. The number of rotatable bonds is 4. The highest BCUT2D eigenvalue weighted by atomic mass is 32.1. The molecule has 0 radical (unpaired) electrons. The van der Waals surface area contributed by atoms with Gasteiger partial charge in [-0.3, -0.25) is 15.0 Å². The average molecular weight is 322 g/mol. The Morgan fingerprint density at radius 2 is 2.14 bits per heavy atom. The van der Waals surface area contributed by atoms with Crippen molar-refractivity contribution in [2.75, 3.05) is 26.3 Å². The first-order valence-electron chi connectivity index (χ1n) is 6.76. The third kappa shape index (κ3) is 3.21. The van der Waals surface area contributed by atoms with Gasteiger partial charge in [0, 0.05) is 30.8 Å². The molecule has 0 atom stereocenters. The van der Waals surface area contributed by atoms with Gasteiger partial charge in [0.25, 0.3) is 10.5 Å². The van der Waals surface area contributed by atoms with E-state index < -0.39 is 4.92 Å². The lowest BCUT2D eigenvalue weighted by molar-refractivity contribution is -0.384. The molecule has 0 aliphatic carbocycles. The molecule has 0 saturated carbocycles. The fourth-order valence-electron chi connectivity index (χ4n) is 2.20. The number of aromatic nitrogens is 2. The minimum Gasteiger partial charge on any atom is -0.409 e. The molecule has 3 rings (SSSR count). The normalized spacial score (nSPS) is 15.8. The monoisotopic (exact) mass is 322 g/mol. The van der Waals surface area contributed by atoms with Gasteiger partial charge in [-0.2, -0.15) is 0 Å². The molecule has 1 aromatic heterocycles. The maximum atomic E-state index is 10.8. The van der Waals surface area contributed by atoms with Crippen LogP contribution >= 0.6 is 12.2 Å². The van der Waals surface area contributed by atoms with Crippen LogP contribution in [0.4, 0.5) is 5.69 Å². The Morgan fingerprint density at radius 1 is 1.36 bits per heavy atom. The van der Waals surface area contributed by atoms with Crippen LogP contribution in [0.1, 0.15) is 0 Å². The zero-order valence-corrected chi connectivity index (χ0v) is 12.5. The Kier molecular flexibility index (Phi) is 4.27. The number of morpholine rings is 1. The van der Waals surface area contributed by atoms with Crippen LogP contribution in [0.25, 0.3) is 11.5 Å². The summed E-state index contributed by atoms with van der Waals surface area (Å²) in [6.45, 7) is 3.49. The van der Waals surface area contributed by atoms with Crippen molar-refractivity contribution in [3.63, 3.8) is 0 Å². The summed E-state index contributed by atoms with van der Waals surface area (Å²) in [5, 5.41) is 15.1. The largest absolute Gasteiger partial charge is 0.409 e. The highest BCUT2D eigenvalue weighted by Crippen LogP contribution is 2.22. The number of nitro benzene ring substituents is 1. The van der Waals surface area contributed by atoms with E-state index in [2.05, 4.69) is 10.00 Å². The third-order valence-electron chi connectivity index (χ3n) is 3.35. The second-order valence-electron chi connectivity index (χ2n) is 4.85. The van der Waals surface area contributed by atoms with Crippen LogP contribution in [0, 0.1) is 15.0 Å². The first kappa shape index (κ1) is 14.8. The molecule has 0 spiro atoms. The zero-order chi connectivity index (χ0) is 15.5. The lowest BCUT2D eigenvalue weighted by atomic mass is 10.2. The Hall–Kier alpha value is -2.10. The first-order valence-corrected chi connectivity index (χ1v) is 7.17. The standard InChI is InChI=1S/C13H14N4O4S/c18-17(19)11-3-1-2-10(8-11)12-14-16(13(22)21-12)9-15-4-6-20-7-5-15/h1-3,8H,4-7,9H2. The summed E-state index contributed by atoms with van der Waals surface area (Å²) in [5.41, 5.74) is 0.516. The summed E-state index contributed by atoms with van der Waals surface area (Å²) < 4.78 is 12.3. The van der Waals surface area contributed by atoms with Crippen LogP contribution in [0.5, 0.6) is 0 Å². The molecule has 9 heteroatoms. The minimum absolute atomic E-state index is 0.0126. The Balaban J connectivity index is 1.83. The summed E-state index contributed by atoms with van der Waals surface area (Å²) in [4.78, 5) is 12.8. The summed E-state index contributed by atoms with van der Waals surface area (Å²) in [5.74, 6) is 0.280. The minimum atomic E-state index is -0.456. The first-order chi connectivity index (χ1) is 10.6. The number of hydrogen-bond acceptors (Lipinski definition) is 7. The second kappa shape index (κ2) is 6.34. The van der Waals surface area contributed by atoms with E-state index in [4.69, 9.17) is 21.4 Å². The quantitative estimate of drug-likeness (QED) is 0.484. The van der Waals surface area contributed by atoms with Crippen molar-refractivity contribution in [3.8, 4) is 11.5 Å². The van der Waals surface area contributed by atoms with Crippen LogP contribution < -0.4 is 0 Å². The molecule has 1 fully saturated rings. The van der Waals surface area contributed by atoms with Crippen LogP contribution in [0.15, 0.2) is 28.7 Å². The van der Waals surface area contributed by atoms with Crippen LogP contribution in [0.2, 0.25) is 0 Å². The van der Waals surface area contributed by atoms with Crippen LogP contribution in [-0.2, 0) is 11.4 Å². The lowest BCUT2D eigenvalue weighted by Gasteiger charge is -2.25. The fourth-order valence-corrected chi connectivity index (χ4v) is 2.37. The summed E-state index contributed by atoms with van der Waals surface area (Å²) in [7, 11) is 0. The van der Waals surface area contributed by atoms with Gasteiger partial charge in [0.15, 0.2) is 0 Å². The average Bonchev–Trinajstić information content (AvgIpc) is 2.89. The molecule has 1 aromatic carbocycles. The molecule has 22 heavy (non-hydrogen) atoms. The van der Waals surface area contributed by atoms with Gasteiger partial charge in [-0.25, -0.2) is 4.68 Å². The molecule has 8 nitrogen and oxygen atoms in total. The molecule has 1 aliphatic heterocycles. The predicted molar refractivity (Wildman–Crippen MR) is 79.8 cm³/mol. The van der Waals surface area contributed by atoms with E-state index in [-0.39, 0.29) is 16.4 Å². The van der Waals surface area contributed by atoms with E-state index in [1.165, 1.54) is 12.1 Å². The van der Waals surface area contributed by atoms with E-state index >= 15 is 0 Å². The topological polar surface area (TPSA) is 86.6 Å². The molecular weight excluding hydrogens is 308 g/mol. The number of benzene rings is 1. The zero-order valence-electron chi connectivity index (χ0n) is 11.7. The van der Waals surface area contributed by atoms with Gasteiger partial charge in [0.2, 0.25) is 5.89 Å². The van der Waals surface area contributed by atoms with Crippen molar-refractivity contribution >= 4 is 17.9 Å². The van der Waals surface area contributed by atoms with Crippen LogP contribution in [-0.4, -0.2) is 45.9 Å². The van der Waals surface area contributed by atoms with Crippen molar-refractivity contribution in [1.29, 1.82) is 0 Å². The van der Waals surface area contributed by atoms with Gasteiger partial charge in [0.05, 0.1) is 24.8 Å². The molecule has 0 bridgehead atoms. The number of non-ortho nitro benzene ring substituents is 1. The summed E-state index contributed by atoms with van der Waals surface area (Å²) in [6, 6.07) is 6.13. The van der Waals surface area contributed by atoms with Crippen molar-refractivity contribution in [3.05, 3.63) is 39.2 Å². The summed E-state index contributed by atoms with van der Waals surface area (Å²) >= 11 is 5.17. The van der Waals surface area contributed by atoms with Gasteiger partial charge < -0.3 is 9.15 Å². The maximum Gasteiger partial charge on any atom is 0.288 e. The van der Waals surface area contributed by atoms with Gasteiger partial charge in [-0.1, -0.05) is 6.07 Å². The molecule has 2 heterocycles. The molecule has 116 valence electrons. The van der Waals surface area contributed by atoms with Crippen molar-refractivity contribution < 1.29 is 14.1 Å². The summed E-state index contributed by atoms with van der Waals surface area (Å²) in [6.07, 6.45) is 0. The lowest BCUT2D eigenvalue weighted by Crippen LogP contribution is -2.37.